The third kappa shape index (κ3) is 1.03. The van der Waals surface area contributed by atoms with E-state index in [2.05, 4.69) is 12.6 Å². The smallest absolute Gasteiger partial charge is 0.153 e. The molecule has 0 N–H and O–H groups in total. The molecule has 2 nitrogen and oxygen atoms in total. The standard InChI is InChI=1S/C11H13NO/c1-2-8-5-11(7-12)6-9(8)3-4-10(11)13/h2,8-9H,1,3-6H2/t8-,9-,11-/m0/s1. The highest BCUT2D eigenvalue weighted by atomic mass is 16.1. The number of Topliss-reactive ketones (excluding diaryl/α,β-unsaturated/α-hetero) is 1. The van der Waals surface area contributed by atoms with E-state index in [1.54, 1.807) is 0 Å². The van der Waals surface area contributed by atoms with E-state index in [-0.39, 0.29) is 5.78 Å². The van der Waals surface area contributed by atoms with Crippen molar-refractivity contribution in [2.45, 2.75) is 25.7 Å². The summed E-state index contributed by atoms with van der Waals surface area (Å²) in [4.78, 5) is 11.6. The first-order chi connectivity index (χ1) is 6.22. The Morgan fingerprint density at radius 1 is 1.62 bits per heavy atom. The highest BCUT2D eigenvalue weighted by Crippen LogP contribution is 2.52. The summed E-state index contributed by atoms with van der Waals surface area (Å²) in [5.41, 5.74) is -0.637. The second kappa shape index (κ2) is 2.70. The summed E-state index contributed by atoms with van der Waals surface area (Å²) < 4.78 is 0. The van der Waals surface area contributed by atoms with Gasteiger partial charge < -0.3 is 0 Å². The number of carbonyl (C=O) groups excluding carboxylic acids is 1. The number of allylic oxidation sites excluding steroid dienone is 1. The Morgan fingerprint density at radius 3 is 2.92 bits per heavy atom. The molecule has 0 radical (unpaired) electrons. The Kier molecular flexibility index (Phi) is 1.76. The third-order valence-corrected chi connectivity index (χ3v) is 3.59. The van der Waals surface area contributed by atoms with Gasteiger partial charge in [-0.1, -0.05) is 6.08 Å². The van der Waals surface area contributed by atoms with Crippen molar-refractivity contribution in [3.8, 4) is 6.07 Å². The minimum atomic E-state index is -0.637. The first kappa shape index (κ1) is 8.50. The summed E-state index contributed by atoms with van der Waals surface area (Å²) in [5.74, 6) is 1.09. The van der Waals surface area contributed by atoms with E-state index in [9.17, 15) is 4.79 Å². The van der Waals surface area contributed by atoms with Gasteiger partial charge in [0.15, 0.2) is 5.78 Å². The fraction of sp³-hybridized carbons (Fsp3) is 0.636. The van der Waals surface area contributed by atoms with E-state index >= 15 is 0 Å². The molecule has 2 heteroatoms. The predicted molar refractivity (Wildman–Crippen MR) is 48.7 cm³/mol. The molecule has 0 aromatic carbocycles. The topological polar surface area (TPSA) is 40.9 Å². The van der Waals surface area contributed by atoms with E-state index < -0.39 is 5.41 Å². The highest BCUT2D eigenvalue weighted by Gasteiger charge is 2.52. The molecular weight excluding hydrogens is 162 g/mol. The van der Waals surface area contributed by atoms with Crippen molar-refractivity contribution in [2.24, 2.45) is 17.3 Å². The van der Waals surface area contributed by atoms with Crippen molar-refractivity contribution in [1.82, 2.24) is 0 Å². The normalized spacial score (nSPS) is 42.8. The second-order valence-corrected chi connectivity index (χ2v) is 4.22. The number of hydrogen-bond donors (Lipinski definition) is 0. The SMILES string of the molecule is C=C[C@H]1C[C@@]2(C#N)C[C@@H]1CCC2=O. The number of rotatable bonds is 1. The molecule has 0 spiro atoms. The van der Waals surface area contributed by atoms with E-state index in [4.69, 9.17) is 5.26 Å². The third-order valence-electron chi connectivity index (χ3n) is 3.59. The van der Waals surface area contributed by atoms with Crippen LogP contribution in [0.5, 0.6) is 0 Å². The second-order valence-electron chi connectivity index (χ2n) is 4.22. The fourth-order valence-electron chi connectivity index (χ4n) is 2.78. The van der Waals surface area contributed by atoms with Crippen molar-refractivity contribution in [3.05, 3.63) is 12.7 Å². The van der Waals surface area contributed by atoms with Crippen LogP contribution in [0, 0.1) is 28.6 Å². The minimum absolute atomic E-state index is 0.163. The lowest BCUT2D eigenvalue weighted by atomic mass is 9.76. The molecule has 13 heavy (non-hydrogen) atoms. The zero-order valence-electron chi connectivity index (χ0n) is 7.62. The Balaban J connectivity index is 2.33. The van der Waals surface area contributed by atoms with Gasteiger partial charge in [0.25, 0.3) is 0 Å². The van der Waals surface area contributed by atoms with Gasteiger partial charge >= 0.3 is 0 Å². The maximum absolute atomic E-state index is 11.6. The molecule has 2 aliphatic rings. The first-order valence-electron chi connectivity index (χ1n) is 4.79. The molecule has 2 rings (SSSR count). The van der Waals surface area contributed by atoms with Crippen LogP contribution in [0.25, 0.3) is 0 Å². The van der Waals surface area contributed by atoms with Crippen LogP contribution >= 0.6 is 0 Å². The summed E-state index contributed by atoms with van der Waals surface area (Å²) in [6.07, 6.45) is 4.97. The molecule has 2 saturated carbocycles. The molecule has 0 aliphatic heterocycles. The summed E-state index contributed by atoms with van der Waals surface area (Å²) in [6.45, 7) is 3.77. The molecule has 3 atom stereocenters. The van der Waals surface area contributed by atoms with Gasteiger partial charge in [0.1, 0.15) is 5.41 Å². The van der Waals surface area contributed by atoms with Crippen LogP contribution < -0.4 is 0 Å². The Labute approximate surface area is 78.2 Å². The Bertz CT molecular complexity index is 302. The minimum Gasteiger partial charge on any atom is -0.298 e. The Hall–Kier alpha value is -1.10. The van der Waals surface area contributed by atoms with Crippen LogP contribution in [0.3, 0.4) is 0 Å². The molecular formula is C11H13NO. The lowest BCUT2D eigenvalue weighted by molar-refractivity contribution is -0.127. The largest absolute Gasteiger partial charge is 0.298 e. The predicted octanol–water partition coefficient (Wildman–Crippen LogP) is 2.07. The van der Waals surface area contributed by atoms with Crippen LogP contribution in [0.15, 0.2) is 12.7 Å². The van der Waals surface area contributed by atoms with Gasteiger partial charge in [-0.3, -0.25) is 4.79 Å². The molecule has 68 valence electrons. The van der Waals surface area contributed by atoms with E-state index in [1.807, 2.05) is 6.08 Å². The number of nitriles is 1. The maximum atomic E-state index is 11.6. The number of fused-ring (bicyclic) bond motifs is 2. The first-order valence-corrected chi connectivity index (χ1v) is 4.79. The quantitative estimate of drug-likeness (QED) is 0.572. The molecule has 0 aromatic heterocycles. The Morgan fingerprint density at radius 2 is 2.38 bits per heavy atom. The van der Waals surface area contributed by atoms with Gasteiger partial charge in [0.05, 0.1) is 6.07 Å². The average molecular weight is 175 g/mol. The van der Waals surface area contributed by atoms with Crippen LogP contribution in [0.1, 0.15) is 25.7 Å². The van der Waals surface area contributed by atoms with Gasteiger partial charge in [0.2, 0.25) is 0 Å². The highest BCUT2D eigenvalue weighted by molar-refractivity contribution is 5.88. The van der Waals surface area contributed by atoms with E-state index in [0.717, 1.165) is 19.3 Å². The van der Waals surface area contributed by atoms with Gasteiger partial charge in [-0.05, 0) is 31.1 Å². The lowest BCUT2D eigenvalue weighted by Gasteiger charge is -2.24. The molecule has 2 bridgehead atoms. The lowest BCUT2D eigenvalue weighted by Crippen LogP contribution is -2.29. The van der Waals surface area contributed by atoms with Crippen LogP contribution in [0.2, 0.25) is 0 Å². The molecule has 0 amide bonds. The summed E-state index contributed by atoms with van der Waals surface area (Å²) in [5, 5.41) is 9.05. The average Bonchev–Trinajstić information content (AvgIpc) is 2.48. The van der Waals surface area contributed by atoms with Gasteiger partial charge in [-0.2, -0.15) is 5.26 Å². The molecule has 2 fully saturated rings. The molecule has 0 saturated heterocycles. The molecule has 0 heterocycles. The number of nitrogens with zero attached hydrogens (tertiary/aromatic N) is 1. The van der Waals surface area contributed by atoms with Crippen LogP contribution in [0.4, 0.5) is 0 Å². The molecule has 2 aliphatic carbocycles. The molecule has 0 unspecified atom stereocenters. The fourth-order valence-corrected chi connectivity index (χ4v) is 2.78. The van der Waals surface area contributed by atoms with Gasteiger partial charge in [0, 0.05) is 6.42 Å². The number of hydrogen-bond acceptors (Lipinski definition) is 2. The van der Waals surface area contributed by atoms with E-state index in [1.165, 1.54) is 0 Å². The monoisotopic (exact) mass is 175 g/mol. The van der Waals surface area contributed by atoms with Crippen molar-refractivity contribution in [2.75, 3.05) is 0 Å². The summed E-state index contributed by atoms with van der Waals surface area (Å²) in [6, 6.07) is 2.23. The van der Waals surface area contributed by atoms with Crippen molar-refractivity contribution < 1.29 is 4.79 Å². The van der Waals surface area contributed by atoms with Crippen molar-refractivity contribution in [1.29, 1.82) is 5.26 Å². The summed E-state index contributed by atoms with van der Waals surface area (Å²) >= 11 is 0. The van der Waals surface area contributed by atoms with Crippen LogP contribution in [-0.2, 0) is 4.79 Å². The van der Waals surface area contributed by atoms with Crippen molar-refractivity contribution >= 4 is 5.78 Å². The molecule has 0 aromatic rings. The van der Waals surface area contributed by atoms with Crippen LogP contribution in [-0.4, -0.2) is 5.78 Å². The maximum Gasteiger partial charge on any atom is 0.153 e. The van der Waals surface area contributed by atoms with Gasteiger partial charge in [-0.15, -0.1) is 6.58 Å². The number of ketones is 1. The summed E-state index contributed by atoms with van der Waals surface area (Å²) in [7, 11) is 0. The van der Waals surface area contributed by atoms with Gasteiger partial charge in [-0.25, -0.2) is 0 Å². The zero-order chi connectivity index (χ0) is 9.47. The van der Waals surface area contributed by atoms with Crippen molar-refractivity contribution in [3.63, 3.8) is 0 Å². The zero-order valence-corrected chi connectivity index (χ0v) is 7.62. The number of carbonyl (C=O) groups is 1. The van der Waals surface area contributed by atoms with E-state index in [0.29, 0.717) is 18.3 Å².